The Hall–Kier alpha value is -2.73. The van der Waals surface area contributed by atoms with Crippen molar-refractivity contribution in [1.82, 2.24) is 9.80 Å². The van der Waals surface area contributed by atoms with Crippen molar-refractivity contribution in [1.29, 1.82) is 0 Å². The van der Waals surface area contributed by atoms with Gasteiger partial charge in [0.1, 0.15) is 0 Å². The lowest BCUT2D eigenvalue weighted by atomic mass is 9.98. The van der Waals surface area contributed by atoms with E-state index in [1.54, 1.807) is 0 Å². The van der Waals surface area contributed by atoms with Crippen molar-refractivity contribution in [2.24, 2.45) is 5.92 Å². The highest BCUT2D eigenvalue weighted by Crippen LogP contribution is 2.23. The van der Waals surface area contributed by atoms with Gasteiger partial charge in [-0.3, -0.25) is 4.79 Å². The van der Waals surface area contributed by atoms with Crippen LogP contribution >= 0.6 is 11.6 Å². The van der Waals surface area contributed by atoms with Gasteiger partial charge >= 0.3 is 6.03 Å². The highest BCUT2D eigenvalue weighted by molar-refractivity contribution is 6.30. The van der Waals surface area contributed by atoms with Gasteiger partial charge in [0, 0.05) is 61.2 Å². The maximum absolute atomic E-state index is 12.8. The Balaban J connectivity index is 1.33. The Bertz CT molecular complexity index is 980. The third-order valence-corrected chi connectivity index (χ3v) is 6.76. The zero-order chi connectivity index (χ0) is 22.7. The standard InChI is InChI=1S/C25H31ClN4O2/c1-18-8-10-29(11-9-18)24(31)20-6-7-23(19(2)16-20)27-25(32)30-14-12-28(13-15-30)22-5-3-4-21(26)17-22/h3-7,16-18H,8-15H2,1-2H3,(H,27,32). The summed E-state index contributed by atoms with van der Waals surface area (Å²) in [6, 6.07) is 13.2. The summed E-state index contributed by atoms with van der Waals surface area (Å²) in [6.45, 7) is 8.60. The fraction of sp³-hybridized carbons (Fsp3) is 0.440. The van der Waals surface area contributed by atoms with E-state index in [2.05, 4.69) is 17.1 Å². The molecule has 0 atom stereocenters. The molecule has 0 radical (unpaired) electrons. The van der Waals surface area contributed by atoms with E-state index in [1.807, 2.05) is 59.2 Å². The molecule has 0 spiro atoms. The quantitative estimate of drug-likeness (QED) is 0.719. The number of nitrogens with zero attached hydrogens (tertiary/aromatic N) is 3. The van der Waals surface area contributed by atoms with Crippen molar-refractivity contribution in [3.8, 4) is 0 Å². The molecule has 2 heterocycles. The summed E-state index contributed by atoms with van der Waals surface area (Å²) in [5.41, 5.74) is 3.41. The Morgan fingerprint density at radius 1 is 0.938 bits per heavy atom. The molecule has 4 rings (SSSR count). The molecule has 2 aromatic rings. The number of anilines is 2. The summed E-state index contributed by atoms with van der Waals surface area (Å²) in [4.78, 5) is 31.6. The summed E-state index contributed by atoms with van der Waals surface area (Å²) in [5, 5.41) is 3.74. The van der Waals surface area contributed by atoms with Crippen LogP contribution in [0.2, 0.25) is 5.02 Å². The maximum Gasteiger partial charge on any atom is 0.321 e. The third-order valence-electron chi connectivity index (χ3n) is 6.53. The molecule has 7 heteroatoms. The van der Waals surface area contributed by atoms with E-state index in [1.165, 1.54) is 0 Å². The normalized spacial score (nSPS) is 17.4. The first-order valence-corrected chi connectivity index (χ1v) is 11.7. The monoisotopic (exact) mass is 454 g/mol. The predicted molar refractivity (Wildman–Crippen MR) is 130 cm³/mol. The number of hydrogen-bond acceptors (Lipinski definition) is 3. The van der Waals surface area contributed by atoms with E-state index in [0.29, 0.717) is 24.6 Å². The van der Waals surface area contributed by atoms with Crippen molar-refractivity contribution in [2.45, 2.75) is 26.7 Å². The number of piperidine rings is 1. The number of amides is 3. The highest BCUT2D eigenvalue weighted by atomic mass is 35.5. The van der Waals surface area contributed by atoms with Gasteiger partial charge in [-0.25, -0.2) is 4.79 Å². The molecule has 1 N–H and O–H groups in total. The van der Waals surface area contributed by atoms with E-state index < -0.39 is 0 Å². The number of likely N-dealkylation sites (tertiary alicyclic amines) is 1. The second-order valence-electron chi connectivity index (χ2n) is 8.89. The fourth-order valence-corrected chi connectivity index (χ4v) is 4.55. The van der Waals surface area contributed by atoms with Gasteiger partial charge in [0.05, 0.1) is 0 Å². The SMILES string of the molecule is Cc1cc(C(=O)N2CCC(C)CC2)ccc1NC(=O)N1CCN(c2cccc(Cl)c2)CC1. The van der Waals surface area contributed by atoms with Crippen LogP contribution in [0.15, 0.2) is 42.5 Å². The van der Waals surface area contributed by atoms with Gasteiger partial charge in [0.2, 0.25) is 0 Å². The summed E-state index contributed by atoms with van der Waals surface area (Å²) in [6.07, 6.45) is 2.12. The van der Waals surface area contributed by atoms with E-state index in [0.717, 1.165) is 61.0 Å². The first-order chi connectivity index (χ1) is 15.4. The van der Waals surface area contributed by atoms with Gasteiger partial charge in [-0.2, -0.15) is 0 Å². The number of hydrogen-bond donors (Lipinski definition) is 1. The lowest BCUT2D eigenvalue weighted by Gasteiger charge is -2.36. The fourth-order valence-electron chi connectivity index (χ4n) is 4.37. The predicted octanol–water partition coefficient (Wildman–Crippen LogP) is 4.87. The average molecular weight is 455 g/mol. The molecule has 2 aromatic carbocycles. The highest BCUT2D eigenvalue weighted by Gasteiger charge is 2.24. The number of piperazine rings is 1. The number of urea groups is 1. The summed E-state index contributed by atoms with van der Waals surface area (Å²) < 4.78 is 0. The molecule has 2 saturated heterocycles. The first kappa shape index (κ1) is 22.5. The molecule has 0 aliphatic carbocycles. The lowest BCUT2D eigenvalue weighted by molar-refractivity contribution is 0.0697. The van der Waals surface area contributed by atoms with Crippen LogP contribution in [0.3, 0.4) is 0 Å². The van der Waals surface area contributed by atoms with Crippen molar-refractivity contribution in [3.63, 3.8) is 0 Å². The minimum atomic E-state index is -0.108. The van der Waals surface area contributed by atoms with Crippen LogP contribution in [0, 0.1) is 12.8 Å². The van der Waals surface area contributed by atoms with Crippen molar-refractivity contribution >= 4 is 34.9 Å². The second kappa shape index (κ2) is 9.82. The van der Waals surface area contributed by atoms with Crippen molar-refractivity contribution < 1.29 is 9.59 Å². The van der Waals surface area contributed by atoms with E-state index in [-0.39, 0.29) is 11.9 Å². The Labute approximate surface area is 195 Å². The van der Waals surface area contributed by atoms with Crippen LogP contribution in [0.25, 0.3) is 0 Å². The zero-order valence-corrected chi connectivity index (χ0v) is 19.6. The minimum Gasteiger partial charge on any atom is -0.368 e. The lowest BCUT2D eigenvalue weighted by Crippen LogP contribution is -2.50. The zero-order valence-electron chi connectivity index (χ0n) is 18.8. The van der Waals surface area contributed by atoms with E-state index in [4.69, 9.17) is 11.6 Å². The molecule has 2 aliphatic heterocycles. The number of halogens is 1. The van der Waals surface area contributed by atoms with Gasteiger partial charge in [0.15, 0.2) is 0 Å². The number of rotatable bonds is 3. The summed E-state index contributed by atoms with van der Waals surface area (Å²) in [7, 11) is 0. The van der Waals surface area contributed by atoms with Gasteiger partial charge in [-0.15, -0.1) is 0 Å². The van der Waals surface area contributed by atoms with Gasteiger partial charge in [0.25, 0.3) is 5.91 Å². The first-order valence-electron chi connectivity index (χ1n) is 11.4. The molecule has 6 nitrogen and oxygen atoms in total. The van der Waals surface area contributed by atoms with Gasteiger partial charge < -0.3 is 20.0 Å². The molecule has 0 bridgehead atoms. The molecule has 2 aliphatic rings. The Morgan fingerprint density at radius 3 is 2.31 bits per heavy atom. The molecule has 0 saturated carbocycles. The maximum atomic E-state index is 12.8. The van der Waals surface area contributed by atoms with Crippen LogP contribution in [-0.2, 0) is 0 Å². The molecular weight excluding hydrogens is 424 g/mol. The molecule has 0 aromatic heterocycles. The Morgan fingerprint density at radius 2 is 1.66 bits per heavy atom. The average Bonchev–Trinajstić information content (AvgIpc) is 2.80. The van der Waals surface area contributed by atoms with Crippen molar-refractivity contribution in [2.75, 3.05) is 49.5 Å². The number of carbonyl (C=O) groups excluding carboxylic acids is 2. The number of benzene rings is 2. The Kier molecular flexibility index (Phi) is 6.89. The van der Waals surface area contributed by atoms with Crippen LogP contribution < -0.4 is 10.2 Å². The molecule has 0 unspecified atom stereocenters. The molecule has 2 fully saturated rings. The topological polar surface area (TPSA) is 55.9 Å². The van der Waals surface area contributed by atoms with Crippen LogP contribution in [-0.4, -0.2) is 61.0 Å². The largest absolute Gasteiger partial charge is 0.368 e. The third kappa shape index (κ3) is 5.18. The van der Waals surface area contributed by atoms with Crippen LogP contribution in [0.4, 0.5) is 16.2 Å². The number of aryl methyl sites for hydroxylation is 1. The molecule has 32 heavy (non-hydrogen) atoms. The molecular formula is C25H31ClN4O2. The van der Waals surface area contributed by atoms with Crippen LogP contribution in [0.5, 0.6) is 0 Å². The van der Waals surface area contributed by atoms with Crippen molar-refractivity contribution in [3.05, 3.63) is 58.6 Å². The van der Waals surface area contributed by atoms with Gasteiger partial charge in [-0.1, -0.05) is 24.6 Å². The molecule has 170 valence electrons. The van der Waals surface area contributed by atoms with Gasteiger partial charge in [-0.05, 0) is 67.6 Å². The molecule has 3 amide bonds. The summed E-state index contributed by atoms with van der Waals surface area (Å²) in [5.74, 6) is 0.765. The minimum absolute atomic E-state index is 0.0787. The van der Waals surface area contributed by atoms with E-state index in [9.17, 15) is 9.59 Å². The smallest absolute Gasteiger partial charge is 0.321 e. The number of carbonyl (C=O) groups is 2. The van der Waals surface area contributed by atoms with Crippen LogP contribution in [0.1, 0.15) is 35.7 Å². The summed E-state index contributed by atoms with van der Waals surface area (Å²) >= 11 is 6.10. The number of nitrogens with one attached hydrogen (secondary N) is 1. The van der Waals surface area contributed by atoms with E-state index >= 15 is 0 Å². The second-order valence-corrected chi connectivity index (χ2v) is 9.32.